The molecule has 3 rings (SSSR count). The standard InChI is InChI=1S/C15H18ClN3/c16-14-10-18-19(11-14)15-3-1-12(2-4-15)9-13-5-7-17-8-6-13/h1-4,10-11,13,17H,5-9H2. The zero-order valence-corrected chi connectivity index (χ0v) is 11.6. The van der Waals surface area contributed by atoms with Crippen molar-refractivity contribution in [1.29, 1.82) is 0 Å². The Morgan fingerprint density at radius 2 is 1.95 bits per heavy atom. The summed E-state index contributed by atoms with van der Waals surface area (Å²) in [4.78, 5) is 0. The van der Waals surface area contributed by atoms with Gasteiger partial charge in [-0.2, -0.15) is 5.10 Å². The van der Waals surface area contributed by atoms with Gasteiger partial charge in [-0.25, -0.2) is 4.68 Å². The van der Waals surface area contributed by atoms with Gasteiger partial charge in [0.2, 0.25) is 0 Å². The number of nitrogens with one attached hydrogen (secondary N) is 1. The van der Waals surface area contributed by atoms with Crippen LogP contribution in [0.5, 0.6) is 0 Å². The maximum atomic E-state index is 5.88. The Morgan fingerprint density at radius 1 is 1.21 bits per heavy atom. The van der Waals surface area contributed by atoms with E-state index in [0.29, 0.717) is 5.02 Å². The summed E-state index contributed by atoms with van der Waals surface area (Å²) in [6.07, 6.45) is 7.24. The molecule has 1 aromatic carbocycles. The third-order valence-electron chi connectivity index (χ3n) is 3.74. The van der Waals surface area contributed by atoms with Crippen LogP contribution >= 0.6 is 11.6 Å². The summed E-state index contributed by atoms with van der Waals surface area (Å²) in [6.45, 7) is 2.32. The van der Waals surface area contributed by atoms with Crippen LogP contribution in [0, 0.1) is 5.92 Å². The molecule has 0 unspecified atom stereocenters. The minimum atomic E-state index is 0.666. The molecule has 1 fully saturated rings. The van der Waals surface area contributed by atoms with Crippen molar-refractivity contribution in [2.45, 2.75) is 19.3 Å². The number of halogens is 1. The van der Waals surface area contributed by atoms with Gasteiger partial charge in [0.25, 0.3) is 0 Å². The molecule has 1 aromatic heterocycles. The van der Waals surface area contributed by atoms with E-state index in [0.717, 1.165) is 24.7 Å². The fraction of sp³-hybridized carbons (Fsp3) is 0.400. The molecule has 0 spiro atoms. The lowest BCUT2D eigenvalue weighted by atomic mass is 9.91. The summed E-state index contributed by atoms with van der Waals surface area (Å²) < 4.78 is 1.80. The lowest BCUT2D eigenvalue weighted by Crippen LogP contribution is -2.28. The first-order valence-corrected chi connectivity index (χ1v) is 7.19. The Balaban J connectivity index is 1.68. The van der Waals surface area contributed by atoms with E-state index >= 15 is 0 Å². The average molecular weight is 276 g/mol. The lowest BCUT2D eigenvalue weighted by Gasteiger charge is -2.22. The molecule has 1 aliphatic rings. The first-order valence-electron chi connectivity index (χ1n) is 6.81. The summed E-state index contributed by atoms with van der Waals surface area (Å²) in [7, 11) is 0. The van der Waals surface area contributed by atoms with E-state index in [1.165, 1.54) is 24.8 Å². The molecule has 2 heterocycles. The molecule has 0 aliphatic carbocycles. The van der Waals surface area contributed by atoms with Crippen LogP contribution in [-0.2, 0) is 6.42 Å². The molecule has 0 saturated carbocycles. The highest BCUT2D eigenvalue weighted by atomic mass is 35.5. The van der Waals surface area contributed by atoms with Crippen molar-refractivity contribution in [1.82, 2.24) is 15.1 Å². The fourth-order valence-corrected chi connectivity index (χ4v) is 2.78. The van der Waals surface area contributed by atoms with E-state index in [2.05, 4.69) is 34.7 Å². The first-order chi connectivity index (χ1) is 9.31. The second-order valence-electron chi connectivity index (χ2n) is 5.17. The summed E-state index contributed by atoms with van der Waals surface area (Å²) in [5.74, 6) is 0.825. The van der Waals surface area contributed by atoms with Gasteiger partial charge in [0.15, 0.2) is 0 Å². The maximum Gasteiger partial charge on any atom is 0.0790 e. The van der Waals surface area contributed by atoms with Crippen molar-refractivity contribution in [3.63, 3.8) is 0 Å². The Morgan fingerprint density at radius 3 is 2.58 bits per heavy atom. The molecule has 0 atom stereocenters. The largest absolute Gasteiger partial charge is 0.317 e. The van der Waals surface area contributed by atoms with E-state index in [-0.39, 0.29) is 0 Å². The lowest BCUT2D eigenvalue weighted by molar-refractivity contribution is 0.372. The summed E-state index contributed by atoms with van der Waals surface area (Å²) >= 11 is 5.88. The summed E-state index contributed by atoms with van der Waals surface area (Å²) in [5, 5.41) is 8.28. The van der Waals surface area contributed by atoms with Gasteiger partial charge in [0.05, 0.1) is 16.9 Å². The molecule has 1 aliphatic heterocycles. The smallest absolute Gasteiger partial charge is 0.0790 e. The summed E-state index contributed by atoms with van der Waals surface area (Å²) in [6, 6.07) is 8.62. The first kappa shape index (κ1) is 12.7. The Bertz CT molecular complexity index is 527. The van der Waals surface area contributed by atoms with Gasteiger partial charge in [-0.1, -0.05) is 23.7 Å². The monoisotopic (exact) mass is 275 g/mol. The second-order valence-corrected chi connectivity index (χ2v) is 5.60. The van der Waals surface area contributed by atoms with Crippen molar-refractivity contribution >= 4 is 11.6 Å². The average Bonchev–Trinajstić information content (AvgIpc) is 2.87. The number of aromatic nitrogens is 2. The van der Waals surface area contributed by atoms with Crippen molar-refractivity contribution in [2.75, 3.05) is 13.1 Å². The SMILES string of the molecule is Clc1cnn(-c2ccc(CC3CCNCC3)cc2)c1. The molecule has 0 bridgehead atoms. The number of hydrogen-bond acceptors (Lipinski definition) is 2. The molecule has 1 saturated heterocycles. The minimum Gasteiger partial charge on any atom is -0.317 e. The van der Waals surface area contributed by atoms with Crippen LogP contribution in [0.25, 0.3) is 5.69 Å². The van der Waals surface area contributed by atoms with Crippen LogP contribution in [0.1, 0.15) is 18.4 Å². The third-order valence-corrected chi connectivity index (χ3v) is 3.93. The Kier molecular flexibility index (Phi) is 3.85. The van der Waals surface area contributed by atoms with Crippen LogP contribution in [-0.4, -0.2) is 22.9 Å². The van der Waals surface area contributed by atoms with Crippen molar-refractivity contribution in [3.8, 4) is 5.69 Å². The molecule has 2 aromatic rings. The fourth-order valence-electron chi connectivity index (χ4n) is 2.65. The predicted octanol–water partition coefficient (Wildman–Crippen LogP) is 3.07. The van der Waals surface area contributed by atoms with Crippen molar-refractivity contribution < 1.29 is 0 Å². The number of benzene rings is 1. The number of nitrogens with zero attached hydrogens (tertiary/aromatic N) is 2. The van der Waals surface area contributed by atoms with Gasteiger partial charge < -0.3 is 5.32 Å². The minimum absolute atomic E-state index is 0.666. The van der Waals surface area contributed by atoms with E-state index in [1.54, 1.807) is 10.9 Å². The van der Waals surface area contributed by atoms with Crippen LogP contribution in [0.4, 0.5) is 0 Å². The highest BCUT2D eigenvalue weighted by Gasteiger charge is 2.13. The van der Waals surface area contributed by atoms with E-state index in [1.807, 2.05) is 6.20 Å². The number of piperidine rings is 1. The third kappa shape index (κ3) is 3.17. The summed E-state index contributed by atoms with van der Waals surface area (Å²) in [5.41, 5.74) is 2.47. The van der Waals surface area contributed by atoms with E-state index in [4.69, 9.17) is 11.6 Å². The molecular weight excluding hydrogens is 258 g/mol. The molecular formula is C15H18ClN3. The normalized spacial score (nSPS) is 16.7. The van der Waals surface area contributed by atoms with Gasteiger partial charge >= 0.3 is 0 Å². The number of rotatable bonds is 3. The molecule has 3 nitrogen and oxygen atoms in total. The van der Waals surface area contributed by atoms with Gasteiger partial charge in [-0.05, 0) is 56.0 Å². The molecule has 1 N–H and O–H groups in total. The predicted molar refractivity (Wildman–Crippen MR) is 77.9 cm³/mol. The van der Waals surface area contributed by atoms with E-state index < -0.39 is 0 Å². The van der Waals surface area contributed by atoms with Crippen molar-refractivity contribution in [2.24, 2.45) is 5.92 Å². The molecule has 4 heteroatoms. The van der Waals surface area contributed by atoms with Gasteiger partial charge in [-0.15, -0.1) is 0 Å². The van der Waals surface area contributed by atoms with Crippen LogP contribution in [0.3, 0.4) is 0 Å². The van der Waals surface area contributed by atoms with Crippen LogP contribution in [0.15, 0.2) is 36.7 Å². The molecule has 0 amide bonds. The Hall–Kier alpha value is -1.32. The van der Waals surface area contributed by atoms with Crippen molar-refractivity contribution in [3.05, 3.63) is 47.2 Å². The Labute approximate surface area is 118 Å². The maximum absolute atomic E-state index is 5.88. The van der Waals surface area contributed by atoms with Crippen LogP contribution < -0.4 is 5.32 Å². The molecule has 19 heavy (non-hydrogen) atoms. The quantitative estimate of drug-likeness (QED) is 0.933. The zero-order chi connectivity index (χ0) is 13.1. The molecule has 100 valence electrons. The topological polar surface area (TPSA) is 29.9 Å². The highest BCUT2D eigenvalue weighted by molar-refractivity contribution is 6.30. The van der Waals surface area contributed by atoms with Gasteiger partial charge in [0, 0.05) is 6.20 Å². The van der Waals surface area contributed by atoms with E-state index in [9.17, 15) is 0 Å². The zero-order valence-electron chi connectivity index (χ0n) is 10.8. The van der Waals surface area contributed by atoms with Gasteiger partial charge in [0.1, 0.15) is 0 Å². The molecule has 0 radical (unpaired) electrons. The second kappa shape index (κ2) is 5.76. The number of hydrogen-bond donors (Lipinski definition) is 1. The highest BCUT2D eigenvalue weighted by Crippen LogP contribution is 2.19. The van der Waals surface area contributed by atoms with Crippen LogP contribution in [0.2, 0.25) is 5.02 Å². The van der Waals surface area contributed by atoms with Gasteiger partial charge in [-0.3, -0.25) is 0 Å².